The molecule has 1 aliphatic rings. The Morgan fingerprint density at radius 2 is 1.60 bits per heavy atom. The smallest absolute Gasteiger partial charge is 0.100 e. The van der Waals surface area contributed by atoms with Crippen molar-refractivity contribution in [2.75, 3.05) is 13.2 Å². The fraction of sp³-hybridized carbons (Fsp3) is 1.00. The van der Waals surface area contributed by atoms with E-state index in [-0.39, 0.29) is 19.3 Å². The third kappa shape index (κ3) is 7.70. The van der Waals surface area contributed by atoms with E-state index in [1.165, 1.54) is 0 Å². The number of aliphatic hydroxyl groups excluding tert-OH is 4. The number of hydrogen-bond donors (Lipinski definition) is 5. The minimum Gasteiger partial charge on any atom is -0.394 e. The summed E-state index contributed by atoms with van der Waals surface area (Å²) in [7, 11) is 0. The molecule has 0 aromatic carbocycles. The lowest BCUT2D eigenvalue weighted by molar-refractivity contribution is -0.0175. The molecule has 1 fully saturated rings. The molecule has 0 radical (unpaired) electrons. The molecule has 15 heavy (non-hydrogen) atoms. The summed E-state index contributed by atoms with van der Waals surface area (Å²) in [4.78, 5) is 0. The first kappa shape index (κ1) is 14.8. The van der Waals surface area contributed by atoms with E-state index < -0.39 is 11.7 Å². The van der Waals surface area contributed by atoms with Crippen LogP contribution in [0.4, 0.5) is 0 Å². The Bertz CT molecular complexity index is 146. The van der Waals surface area contributed by atoms with Gasteiger partial charge in [0, 0.05) is 0 Å². The van der Waals surface area contributed by atoms with Gasteiger partial charge in [-0.1, -0.05) is 0 Å². The van der Waals surface area contributed by atoms with Crippen LogP contribution >= 0.6 is 0 Å². The van der Waals surface area contributed by atoms with Crippen LogP contribution in [0.15, 0.2) is 0 Å². The Balaban J connectivity index is 0.000000288. The van der Waals surface area contributed by atoms with E-state index in [0.717, 1.165) is 25.7 Å². The fourth-order valence-electron chi connectivity index (χ4n) is 1.28. The van der Waals surface area contributed by atoms with Gasteiger partial charge in [0.05, 0.1) is 24.9 Å². The van der Waals surface area contributed by atoms with Crippen LogP contribution in [-0.2, 0) is 0 Å². The molecular weight excluding hydrogens is 200 g/mol. The Morgan fingerprint density at radius 3 is 1.80 bits per heavy atom. The molecule has 0 amide bonds. The first-order valence-electron chi connectivity index (χ1n) is 5.21. The SMILES string of the molecule is CC1(O)CCC(O)CC1.OCC(O)CO. The third-order valence-corrected chi connectivity index (χ3v) is 2.45. The second kappa shape index (κ2) is 7.14. The van der Waals surface area contributed by atoms with Crippen molar-refractivity contribution in [3.63, 3.8) is 0 Å². The van der Waals surface area contributed by atoms with Crippen molar-refractivity contribution in [3.8, 4) is 0 Å². The lowest BCUT2D eigenvalue weighted by Gasteiger charge is -2.30. The maximum absolute atomic E-state index is 9.38. The van der Waals surface area contributed by atoms with Crippen LogP contribution in [0.25, 0.3) is 0 Å². The highest BCUT2D eigenvalue weighted by molar-refractivity contribution is 4.80. The van der Waals surface area contributed by atoms with Crippen LogP contribution in [0.2, 0.25) is 0 Å². The zero-order valence-corrected chi connectivity index (χ0v) is 9.13. The van der Waals surface area contributed by atoms with Gasteiger partial charge in [-0.2, -0.15) is 0 Å². The van der Waals surface area contributed by atoms with Gasteiger partial charge in [-0.3, -0.25) is 0 Å². The minimum absolute atomic E-state index is 0.162. The molecule has 1 aliphatic carbocycles. The molecule has 0 heterocycles. The van der Waals surface area contributed by atoms with Gasteiger partial charge in [-0.25, -0.2) is 0 Å². The third-order valence-electron chi connectivity index (χ3n) is 2.45. The van der Waals surface area contributed by atoms with Crippen molar-refractivity contribution in [2.45, 2.75) is 50.4 Å². The molecule has 0 aliphatic heterocycles. The highest BCUT2D eigenvalue weighted by atomic mass is 16.3. The summed E-state index contributed by atoms with van der Waals surface area (Å²) < 4.78 is 0. The Hall–Kier alpha value is -0.200. The van der Waals surface area contributed by atoms with Gasteiger partial charge in [0.25, 0.3) is 0 Å². The van der Waals surface area contributed by atoms with Gasteiger partial charge >= 0.3 is 0 Å². The number of hydrogen-bond acceptors (Lipinski definition) is 5. The maximum Gasteiger partial charge on any atom is 0.100 e. The van der Waals surface area contributed by atoms with Gasteiger partial charge < -0.3 is 25.5 Å². The molecule has 5 N–H and O–H groups in total. The molecular formula is C10H22O5. The van der Waals surface area contributed by atoms with Gasteiger partial charge in [0.1, 0.15) is 6.10 Å². The van der Waals surface area contributed by atoms with Crippen molar-refractivity contribution in [1.82, 2.24) is 0 Å². The molecule has 5 nitrogen and oxygen atoms in total. The topological polar surface area (TPSA) is 101 Å². The second-order valence-corrected chi connectivity index (χ2v) is 4.25. The van der Waals surface area contributed by atoms with E-state index in [9.17, 15) is 5.11 Å². The first-order chi connectivity index (χ1) is 6.91. The van der Waals surface area contributed by atoms with Crippen molar-refractivity contribution < 1.29 is 25.5 Å². The first-order valence-corrected chi connectivity index (χ1v) is 5.21. The van der Waals surface area contributed by atoms with Crippen LogP contribution in [0.3, 0.4) is 0 Å². The van der Waals surface area contributed by atoms with E-state index in [1.54, 1.807) is 0 Å². The van der Waals surface area contributed by atoms with Gasteiger partial charge in [-0.05, 0) is 32.6 Å². The summed E-state index contributed by atoms with van der Waals surface area (Å²) in [5.74, 6) is 0. The molecule has 0 bridgehead atoms. The van der Waals surface area contributed by atoms with Crippen LogP contribution in [-0.4, -0.2) is 56.6 Å². The molecule has 0 saturated heterocycles. The largest absolute Gasteiger partial charge is 0.394 e. The van der Waals surface area contributed by atoms with E-state index in [4.69, 9.17) is 20.4 Å². The zero-order chi connectivity index (χ0) is 11.9. The van der Waals surface area contributed by atoms with Crippen LogP contribution < -0.4 is 0 Å². The van der Waals surface area contributed by atoms with E-state index in [2.05, 4.69) is 0 Å². The maximum atomic E-state index is 9.38. The quantitative estimate of drug-likeness (QED) is 0.413. The normalized spacial score (nSPS) is 31.0. The molecule has 0 atom stereocenters. The fourth-order valence-corrected chi connectivity index (χ4v) is 1.28. The van der Waals surface area contributed by atoms with Crippen LogP contribution in [0.1, 0.15) is 32.6 Å². The van der Waals surface area contributed by atoms with Crippen molar-refractivity contribution in [3.05, 3.63) is 0 Å². The Labute approximate surface area is 90.0 Å². The Kier molecular flexibility index (Phi) is 7.04. The average Bonchev–Trinajstić information content (AvgIpc) is 2.22. The molecule has 1 saturated carbocycles. The van der Waals surface area contributed by atoms with Crippen LogP contribution in [0.5, 0.6) is 0 Å². The summed E-state index contributed by atoms with van der Waals surface area (Å²) in [6, 6.07) is 0. The minimum atomic E-state index is -0.954. The van der Waals surface area contributed by atoms with Crippen molar-refractivity contribution in [2.24, 2.45) is 0 Å². The van der Waals surface area contributed by atoms with E-state index >= 15 is 0 Å². The summed E-state index contributed by atoms with van der Waals surface area (Å²) in [5.41, 5.74) is -0.501. The summed E-state index contributed by atoms with van der Waals surface area (Å²) in [6.07, 6.45) is 1.89. The lowest BCUT2D eigenvalue weighted by Crippen LogP contribution is -2.32. The van der Waals surface area contributed by atoms with Crippen LogP contribution in [0, 0.1) is 0 Å². The molecule has 92 valence electrons. The monoisotopic (exact) mass is 222 g/mol. The molecule has 0 spiro atoms. The second-order valence-electron chi connectivity index (χ2n) is 4.25. The molecule has 1 rings (SSSR count). The highest BCUT2D eigenvalue weighted by Gasteiger charge is 2.27. The molecule has 5 heteroatoms. The molecule has 0 aromatic heterocycles. The van der Waals surface area contributed by atoms with E-state index in [0.29, 0.717) is 0 Å². The zero-order valence-electron chi connectivity index (χ0n) is 9.13. The van der Waals surface area contributed by atoms with Gasteiger partial charge in [-0.15, -0.1) is 0 Å². The summed E-state index contributed by atoms with van der Waals surface area (Å²) in [5, 5.41) is 42.4. The van der Waals surface area contributed by atoms with E-state index in [1.807, 2.05) is 6.92 Å². The van der Waals surface area contributed by atoms with Crippen molar-refractivity contribution in [1.29, 1.82) is 0 Å². The summed E-state index contributed by atoms with van der Waals surface area (Å²) >= 11 is 0. The Morgan fingerprint density at radius 1 is 1.20 bits per heavy atom. The lowest BCUT2D eigenvalue weighted by atomic mass is 9.85. The highest BCUT2D eigenvalue weighted by Crippen LogP contribution is 2.27. The number of rotatable bonds is 2. The predicted molar refractivity (Wildman–Crippen MR) is 55.3 cm³/mol. The van der Waals surface area contributed by atoms with Crippen molar-refractivity contribution >= 4 is 0 Å². The van der Waals surface area contributed by atoms with Gasteiger partial charge in [0.2, 0.25) is 0 Å². The predicted octanol–water partition coefficient (Wildman–Crippen LogP) is -0.996. The summed E-state index contributed by atoms with van der Waals surface area (Å²) in [6.45, 7) is 1.10. The number of aliphatic hydroxyl groups is 5. The average molecular weight is 222 g/mol. The standard InChI is InChI=1S/C7H14O2.C3H8O3/c1-7(9)4-2-6(8)3-5-7;4-1-3(6)2-5/h6,8-9H,2-5H2,1H3;3-6H,1-2H2. The van der Waals surface area contributed by atoms with Gasteiger partial charge in [0.15, 0.2) is 0 Å². The molecule has 0 aromatic rings. The molecule has 0 unspecified atom stereocenters.